The lowest BCUT2D eigenvalue weighted by molar-refractivity contribution is -0.148. The number of nitrogens with two attached hydrogens (primary N) is 1. The molecule has 0 aromatic heterocycles. The topological polar surface area (TPSA) is 119 Å². The smallest absolute Gasteiger partial charge is 0.338 e. The fraction of sp³-hybridized carbons (Fsp3) is 0.300. The van der Waals surface area contributed by atoms with E-state index in [9.17, 15) is 19.8 Å². The molecule has 27 heavy (non-hydrogen) atoms. The van der Waals surface area contributed by atoms with Crippen molar-refractivity contribution in [2.24, 2.45) is 5.73 Å². The molecule has 7 heteroatoms. The second kappa shape index (κ2) is 8.55. The van der Waals surface area contributed by atoms with Gasteiger partial charge in [-0.15, -0.1) is 0 Å². The van der Waals surface area contributed by atoms with Crippen LogP contribution in [-0.4, -0.2) is 40.9 Å². The van der Waals surface area contributed by atoms with Gasteiger partial charge in [0, 0.05) is 12.8 Å². The minimum Gasteiger partial charge on any atom is -0.504 e. The van der Waals surface area contributed by atoms with E-state index >= 15 is 0 Å². The van der Waals surface area contributed by atoms with Crippen LogP contribution >= 0.6 is 0 Å². The maximum absolute atomic E-state index is 12.3. The third-order valence-electron chi connectivity index (χ3n) is 4.12. The van der Waals surface area contributed by atoms with E-state index in [-0.39, 0.29) is 24.3 Å². The van der Waals surface area contributed by atoms with E-state index in [4.69, 9.17) is 15.2 Å². The predicted molar refractivity (Wildman–Crippen MR) is 98.3 cm³/mol. The largest absolute Gasteiger partial charge is 0.504 e. The zero-order valence-corrected chi connectivity index (χ0v) is 15.2. The fourth-order valence-electron chi connectivity index (χ4n) is 2.85. The average Bonchev–Trinajstić information content (AvgIpc) is 2.64. The van der Waals surface area contributed by atoms with Gasteiger partial charge in [-0.1, -0.05) is 24.3 Å². The summed E-state index contributed by atoms with van der Waals surface area (Å²) in [4.78, 5) is 24.5. The number of phenols is 2. The molecule has 0 heterocycles. The number of carbonyl (C=O) groups is 2. The second-order valence-corrected chi connectivity index (χ2v) is 6.43. The molecule has 4 N–H and O–H groups in total. The van der Waals surface area contributed by atoms with Gasteiger partial charge in [0.2, 0.25) is 0 Å². The van der Waals surface area contributed by atoms with Gasteiger partial charge < -0.3 is 25.4 Å². The molecule has 0 amide bonds. The number of esters is 2. The van der Waals surface area contributed by atoms with Gasteiger partial charge in [-0.3, -0.25) is 4.79 Å². The first-order chi connectivity index (χ1) is 12.7. The summed E-state index contributed by atoms with van der Waals surface area (Å²) in [5.41, 5.74) is 5.72. The summed E-state index contributed by atoms with van der Waals surface area (Å²) in [5, 5.41) is 19.1. The molecule has 7 nitrogen and oxygen atoms in total. The summed E-state index contributed by atoms with van der Waals surface area (Å²) >= 11 is 0. The highest BCUT2D eigenvalue weighted by atomic mass is 16.5. The Kier molecular flexibility index (Phi) is 6.41. The zero-order chi connectivity index (χ0) is 20.0. The molecular formula is C20H23NO6. The predicted octanol–water partition coefficient (Wildman–Crippen LogP) is 2.15. The standard InChI is InChI=1S/C20H23NO6/c1-13(27-18(24)15-6-4-3-5-7-15)11-20(21,19(25)26-2)12-14-8-9-16(22)17(23)10-14/h3-10,13,22-23H,11-12,21H2,1-2H3/t13?,20-/m1/s1. The third kappa shape index (κ3) is 5.21. The molecule has 0 aliphatic heterocycles. The summed E-state index contributed by atoms with van der Waals surface area (Å²) in [6.07, 6.45) is -0.617. The minimum atomic E-state index is -1.48. The lowest BCUT2D eigenvalue weighted by Gasteiger charge is -2.29. The Morgan fingerprint density at radius 2 is 1.78 bits per heavy atom. The van der Waals surface area contributed by atoms with Crippen molar-refractivity contribution in [2.45, 2.75) is 31.4 Å². The number of ether oxygens (including phenoxy) is 2. The van der Waals surface area contributed by atoms with E-state index in [0.29, 0.717) is 11.1 Å². The summed E-state index contributed by atoms with van der Waals surface area (Å²) in [6, 6.07) is 12.7. The molecule has 0 saturated heterocycles. The molecular weight excluding hydrogens is 350 g/mol. The molecule has 144 valence electrons. The van der Waals surface area contributed by atoms with Crippen LogP contribution in [0.15, 0.2) is 48.5 Å². The van der Waals surface area contributed by atoms with Crippen LogP contribution in [0.5, 0.6) is 11.5 Å². The summed E-state index contributed by atoms with van der Waals surface area (Å²) in [6.45, 7) is 1.64. The van der Waals surface area contributed by atoms with Crippen LogP contribution in [-0.2, 0) is 20.7 Å². The van der Waals surface area contributed by atoms with Crippen LogP contribution in [0.4, 0.5) is 0 Å². The fourth-order valence-corrected chi connectivity index (χ4v) is 2.85. The van der Waals surface area contributed by atoms with Crippen molar-refractivity contribution >= 4 is 11.9 Å². The van der Waals surface area contributed by atoms with Crippen molar-refractivity contribution in [3.05, 3.63) is 59.7 Å². The summed E-state index contributed by atoms with van der Waals surface area (Å²) in [5.74, 6) is -1.77. The van der Waals surface area contributed by atoms with E-state index in [0.717, 1.165) is 0 Å². The van der Waals surface area contributed by atoms with Gasteiger partial charge >= 0.3 is 11.9 Å². The first-order valence-corrected chi connectivity index (χ1v) is 8.39. The monoisotopic (exact) mass is 373 g/mol. The van der Waals surface area contributed by atoms with Crippen molar-refractivity contribution in [1.29, 1.82) is 0 Å². The molecule has 0 aliphatic carbocycles. The van der Waals surface area contributed by atoms with Crippen molar-refractivity contribution in [1.82, 2.24) is 0 Å². The molecule has 0 radical (unpaired) electrons. The van der Waals surface area contributed by atoms with Gasteiger partial charge in [0.05, 0.1) is 12.7 Å². The Balaban J connectivity index is 2.13. The molecule has 2 aromatic rings. The highest BCUT2D eigenvalue weighted by Crippen LogP contribution is 2.28. The van der Waals surface area contributed by atoms with Crippen LogP contribution in [0, 0.1) is 0 Å². The second-order valence-electron chi connectivity index (χ2n) is 6.43. The van der Waals surface area contributed by atoms with Gasteiger partial charge in [-0.25, -0.2) is 4.79 Å². The van der Waals surface area contributed by atoms with Gasteiger partial charge in [-0.2, -0.15) is 0 Å². The highest BCUT2D eigenvalue weighted by Gasteiger charge is 2.38. The molecule has 2 rings (SSSR count). The Bertz CT molecular complexity index is 807. The molecule has 2 aromatic carbocycles. The van der Waals surface area contributed by atoms with Gasteiger partial charge in [0.1, 0.15) is 11.6 Å². The van der Waals surface area contributed by atoms with Crippen molar-refractivity contribution < 1.29 is 29.3 Å². The Hall–Kier alpha value is -3.06. The molecule has 2 atom stereocenters. The number of aromatic hydroxyl groups is 2. The Morgan fingerprint density at radius 1 is 1.11 bits per heavy atom. The molecule has 1 unspecified atom stereocenters. The summed E-state index contributed by atoms with van der Waals surface area (Å²) in [7, 11) is 1.22. The maximum Gasteiger partial charge on any atom is 0.338 e. The zero-order valence-electron chi connectivity index (χ0n) is 15.2. The first-order valence-electron chi connectivity index (χ1n) is 8.39. The van der Waals surface area contributed by atoms with E-state index in [2.05, 4.69) is 0 Å². The minimum absolute atomic E-state index is 0.0138. The molecule has 0 bridgehead atoms. The first kappa shape index (κ1) is 20.3. The SMILES string of the molecule is COC(=O)[C@](N)(Cc1ccc(O)c(O)c1)CC(C)OC(=O)c1ccccc1. The Labute approximate surface area is 157 Å². The van der Waals surface area contributed by atoms with Crippen molar-refractivity contribution in [3.8, 4) is 11.5 Å². The normalized spacial score (nSPS) is 14.0. The van der Waals surface area contributed by atoms with Crippen molar-refractivity contribution in [2.75, 3.05) is 7.11 Å². The Morgan fingerprint density at radius 3 is 2.37 bits per heavy atom. The van der Waals surface area contributed by atoms with E-state index < -0.39 is 23.6 Å². The van der Waals surface area contributed by atoms with E-state index in [1.165, 1.54) is 19.2 Å². The number of hydrogen-bond acceptors (Lipinski definition) is 7. The van der Waals surface area contributed by atoms with Crippen LogP contribution in [0.25, 0.3) is 0 Å². The van der Waals surface area contributed by atoms with Crippen LogP contribution in [0.2, 0.25) is 0 Å². The number of methoxy groups -OCH3 is 1. The van der Waals surface area contributed by atoms with E-state index in [1.807, 2.05) is 0 Å². The van der Waals surface area contributed by atoms with Crippen LogP contribution in [0.1, 0.15) is 29.3 Å². The third-order valence-corrected chi connectivity index (χ3v) is 4.12. The van der Waals surface area contributed by atoms with Crippen molar-refractivity contribution in [3.63, 3.8) is 0 Å². The number of carbonyl (C=O) groups excluding carboxylic acids is 2. The lowest BCUT2D eigenvalue weighted by atomic mass is 9.86. The molecule has 0 spiro atoms. The number of phenolic OH excluding ortho intramolecular Hbond substituents is 2. The number of hydrogen-bond donors (Lipinski definition) is 3. The molecule has 0 saturated carbocycles. The molecule has 0 fully saturated rings. The quantitative estimate of drug-likeness (QED) is 0.502. The van der Waals surface area contributed by atoms with Crippen LogP contribution < -0.4 is 5.73 Å². The average molecular weight is 373 g/mol. The van der Waals surface area contributed by atoms with E-state index in [1.54, 1.807) is 43.3 Å². The van der Waals surface area contributed by atoms with Gasteiger partial charge in [0.25, 0.3) is 0 Å². The molecule has 0 aliphatic rings. The van der Waals surface area contributed by atoms with Gasteiger partial charge in [0.15, 0.2) is 11.5 Å². The van der Waals surface area contributed by atoms with Gasteiger partial charge in [-0.05, 0) is 36.8 Å². The number of benzene rings is 2. The van der Waals surface area contributed by atoms with Crippen LogP contribution in [0.3, 0.4) is 0 Å². The number of rotatable bonds is 7. The highest BCUT2D eigenvalue weighted by molar-refractivity contribution is 5.89. The summed E-state index contributed by atoms with van der Waals surface area (Å²) < 4.78 is 10.2. The maximum atomic E-state index is 12.3. The lowest BCUT2D eigenvalue weighted by Crippen LogP contribution is -2.53.